The van der Waals surface area contributed by atoms with Gasteiger partial charge in [0.2, 0.25) is 0 Å². The number of benzene rings is 1. The lowest BCUT2D eigenvalue weighted by atomic mass is 9.83. The fourth-order valence-electron chi connectivity index (χ4n) is 1.96. The van der Waals surface area contributed by atoms with Crippen LogP contribution in [0.25, 0.3) is 0 Å². The minimum Gasteiger partial charge on any atom is -0.0625 e. The molecule has 0 nitrogen and oxygen atoms in total. The minimum absolute atomic E-state index is 0.163. The second-order valence-corrected chi connectivity index (χ2v) is 6.80. The van der Waals surface area contributed by atoms with Crippen LogP contribution in [0.1, 0.15) is 51.3 Å². The molecule has 0 saturated carbocycles. The second-order valence-electron chi connectivity index (χ2n) is 5.95. The molecular weight excluding hydrogens is 260 g/mol. The van der Waals surface area contributed by atoms with Gasteiger partial charge in [0.25, 0.3) is 0 Å². The first-order chi connectivity index (χ1) is 7.21. The molecule has 1 rings (SSSR count). The zero-order valence-electron chi connectivity index (χ0n) is 11.0. The summed E-state index contributed by atoms with van der Waals surface area (Å²) in [5, 5.41) is 0. The third-order valence-electron chi connectivity index (χ3n) is 2.71. The summed E-state index contributed by atoms with van der Waals surface area (Å²) in [6, 6.07) is 4.46. The lowest BCUT2D eigenvalue weighted by molar-refractivity contribution is 0.586. The fraction of sp³-hybridized carbons (Fsp3) is 0.533. The molecule has 1 radical (unpaired) electrons. The standard InChI is InChI=1S/C15H22Br/c1-10(2)7-12-8-11(3)13(9-14(12)16)15(4,5)6/h8-10H,3,7H2,1-2,4-6H3. The van der Waals surface area contributed by atoms with Crippen LogP contribution in [-0.4, -0.2) is 0 Å². The largest absolute Gasteiger partial charge is 0.0625 e. The van der Waals surface area contributed by atoms with Crippen LogP contribution in [0.3, 0.4) is 0 Å². The molecule has 16 heavy (non-hydrogen) atoms. The van der Waals surface area contributed by atoms with E-state index < -0.39 is 0 Å². The first-order valence-corrected chi connectivity index (χ1v) is 6.66. The van der Waals surface area contributed by atoms with Crippen molar-refractivity contribution >= 4 is 15.9 Å². The van der Waals surface area contributed by atoms with Crippen LogP contribution in [0.5, 0.6) is 0 Å². The maximum atomic E-state index is 4.18. The lowest BCUT2D eigenvalue weighted by Crippen LogP contribution is -2.13. The monoisotopic (exact) mass is 281 g/mol. The van der Waals surface area contributed by atoms with E-state index in [-0.39, 0.29) is 5.41 Å². The van der Waals surface area contributed by atoms with Gasteiger partial charge in [-0.3, -0.25) is 0 Å². The van der Waals surface area contributed by atoms with Crippen molar-refractivity contribution in [2.24, 2.45) is 5.92 Å². The molecule has 0 bridgehead atoms. The molecule has 0 heterocycles. The van der Waals surface area contributed by atoms with Gasteiger partial charge in [-0.1, -0.05) is 56.6 Å². The molecule has 0 spiro atoms. The molecule has 89 valence electrons. The molecular formula is C15H22Br. The molecule has 0 fully saturated rings. The van der Waals surface area contributed by atoms with E-state index in [1.807, 2.05) is 0 Å². The molecule has 0 amide bonds. The van der Waals surface area contributed by atoms with E-state index in [2.05, 4.69) is 69.6 Å². The van der Waals surface area contributed by atoms with Crippen molar-refractivity contribution in [3.8, 4) is 0 Å². The Bertz CT molecular complexity index is 370. The summed E-state index contributed by atoms with van der Waals surface area (Å²) < 4.78 is 1.22. The third kappa shape index (κ3) is 3.35. The van der Waals surface area contributed by atoms with Gasteiger partial charge in [-0.25, -0.2) is 0 Å². The molecule has 0 aliphatic rings. The van der Waals surface area contributed by atoms with E-state index >= 15 is 0 Å². The lowest BCUT2D eigenvalue weighted by Gasteiger charge is -2.23. The van der Waals surface area contributed by atoms with Gasteiger partial charge in [0.15, 0.2) is 0 Å². The molecule has 0 unspecified atom stereocenters. The van der Waals surface area contributed by atoms with E-state index in [0.717, 1.165) is 12.0 Å². The maximum Gasteiger partial charge on any atom is 0.0210 e. The maximum absolute atomic E-state index is 4.18. The molecule has 0 aromatic heterocycles. The predicted molar refractivity (Wildman–Crippen MR) is 75.8 cm³/mol. The van der Waals surface area contributed by atoms with Gasteiger partial charge < -0.3 is 0 Å². The van der Waals surface area contributed by atoms with Crippen molar-refractivity contribution in [1.82, 2.24) is 0 Å². The second kappa shape index (κ2) is 4.91. The zero-order chi connectivity index (χ0) is 12.5. The van der Waals surface area contributed by atoms with Gasteiger partial charge in [-0.05, 0) is 47.4 Å². The van der Waals surface area contributed by atoms with E-state index in [1.165, 1.54) is 15.6 Å². The highest BCUT2D eigenvalue weighted by Crippen LogP contribution is 2.31. The van der Waals surface area contributed by atoms with Crippen LogP contribution < -0.4 is 0 Å². The third-order valence-corrected chi connectivity index (χ3v) is 3.45. The van der Waals surface area contributed by atoms with Gasteiger partial charge in [0, 0.05) is 4.47 Å². The highest BCUT2D eigenvalue weighted by molar-refractivity contribution is 9.10. The van der Waals surface area contributed by atoms with Gasteiger partial charge in [-0.15, -0.1) is 0 Å². The number of hydrogen-bond acceptors (Lipinski definition) is 0. The molecule has 1 heteroatoms. The van der Waals surface area contributed by atoms with Gasteiger partial charge in [0.1, 0.15) is 0 Å². The molecule has 0 aliphatic heterocycles. The van der Waals surface area contributed by atoms with E-state index in [1.54, 1.807) is 0 Å². The predicted octanol–water partition coefficient (Wildman–Crippen LogP) is 5.13. The Morgan fingerprint density at radius 2 is 1.81 bits per heavy atom. The highest BCUT2D eigenvalue weighted by atomic mass is 79.9. The average Bonchev–Trinajstić information content (AvgIpc) is 2.07. The molecule has 0 saturated heterocycles. The molecule has 1 aromatic carbocycles. The Morgan fingerprint density at radius 3 is 2.25 bits per heavy atom. The van der Waals surface area contributed by atoms with Gasteiger partial charge in [0.05, 0.1) is 0 Å². The van der Waals surface area contributed by atoms with Gasteiger partial charge >= 0.3 is 0 Å². The van der Waals surface area contributed by atoms with E-state index in [4.69, 9.17) is 0 Å². The quantitative estimate of drug-likeness (QED) is 0.705. The summed E-state index contributed by atoms with van der Waals surface area (Å²) in [4.78, 5) is 0. The number of rotatable bonds is 2. The van der Waals surface area contributed by atoms with Crippen molar-refractivity contribution in [2.75, 3.05) is 0 Å². The molecule has 0 N–H and O–H groups in total. The number of halogens is 1. The minimum atomic E-state index is 0.163. The Kier molecular flexibility index (Phi) is 4.23. The zero-order valence-corrected chi connectivity index (χ0v) is 12.6. The van der Waals surface area contributed by atoms with E-state index in [9.17, 15) is 0 Å². The molecule has 0 aliphatic carbocycles. The topological polar surface area (TPSA) is 0 Å². The van der Waals surface area contributed by atoms with Crippen LogP contribution in [0.4, 0.5) is 0 Å². The first kappa shape index (κ1) is 13.8. The Balaban J connectivity index is 3.17. The van der Waals surface area contributed by atoms with Gasteiger partial charge in [-0.2, -0.15) is 0 Å². The van der Waals surface area contributed by atoms with Crippen molar-refractivity contribution in [2.45, 2.75) is 46.5 Å². The van der Waals surface area contributed by atoms with E-state index in [0.29, 0.717) is 5.92 Å². The Labute approximate surface area is 109 Å². The average molecular weight is 282 g/mol. The highest BCUT2D eigenvalue weighted by Gasteiger charge is 2.18. The Morgan fingerprint density at radius 1 is 1.25 bits per heavy atom. The van der Waals surface area contributed by atoms with Crippen LogP contribution in [0.15, 0.2) is 16.6 Å². The SMILES string of the molecule is [CH2]c1cc(CC(C)C)c(Br)cc1C(C)(C)C. The molecule has 1 aromatic rings. The Hall–Kier alpha value is -0.300. The number of hydrogen-bond donors (Lipinski definition) is 0. The first-order valence-electron chi connectivity index (χ1n) is 5.86. The summed E-state index contributed by atoms with van der Waals surface area (Å²) in [5.74, 6) is 0.677. The summed E-state index contributed by atoms with van der Waals surface area (Å²) in [6.07, 6.45) is 1.10. The van der Waals surface area contributed by atoms with Crippen molar-refractivity contribution in [3.63, 3.8) is 0 Å². The summed E-state index contributed by atoms with van der Waals surface area (Å²) >= 11 is 3.67. The van der Waals surface area contributed by atoms with Crippen molar-refractivity contribution in [3.05, 3.63) is 40.2 Å². The summed E-state index contributed by atoms with van der Waals surface area (Å²) in [6.45, 7) is 15.3. The van der Waals surface area contributed by atoms with Crippen molar-refractivity contribution < 1.29 is 0 Å². The van der Waals surface area contributed by atoms with Crippen LogP contribution in [0.2, 0.25) is 0 Å². The van der Waals surface area contributed by atoms with Crippen LogP contribution >= 0.6 is 15.9 Å². The van der Waals surface area contributed by atoms with Crippen LogP contribution in [0, 0.1) is 12.8 Å². The summed E-state index contributed by atoms with van der Waals surface area (Å²) in [5.41, 5.74) is 4.02. The fourth-order valence-corrected chi connectivity index (χ4v) is 2.47. The normalized spacial score (nSPS) is 12.2. The smallest absolute Gasteiger partial charge is 0.0210 e. The molecule has 0 atom stereocenters. The summed E-state index contributed by atoms with van der Waals surface area (Å²) in [7, 11) is 0. The van der Waals surface area contributed by atoms with Crippen LogP contribution in [-0.2, 0) is 11.8 Å². The van der Waals surface area contributed by atoms with Crippen molar-refractivity contribution in [1.29, 1.82) is 0 Å².